The van der Waals surface area contributed by atoms with Gasteiger partial charge in [-0.2, -0.15) is 0 Å². The van der Waals surface area contributed by atoms with Crippen molar-refractivity contribution < 1.29 is 5.11 Å². The predicted molar refractivity (Wildman–Crippen MR) is 57.2 cm³/mol. The zero-order valence-electron chi connectivity index (χ0n) is 9.45. The lowest BCUT2D eigenvalue weighted by atomic mass is 9.64. The maximum atomic E-state index is 9.60. The molecule has 1 heterocycles. The van der Waals surface area contributed by atoms with Crippen LogP contribution in [0.4, 0.5) is 0 Å². The van der Waals surface area contributed by atoms with Crippen LogP contribution in [0, 0.1) is 5.41 Å². The number of aliphatic hydroxyl groups is 1. The van der Waals surface area contributed by atoms with E-state index in [1.807, 2.05) is 0 Å². The summed E-state index contributed by atoms with van der Waals surface area (Å²) in [6.07, 6.45) is 0.817. The second kappa shape index (κ2) is 3.47. The van der Waals surface area contributed by atoms with E-state index in [1.54, 1.807) is 0 Å². The molecule has 2 rings (SSSR count). The van der Waals surface area contributed by atoms with Crippen LogP contribution in [0.2, 0.25) is 0 Å². The van der Waals surface area contributed by atoms with E-state index in [-0.39, 0.29) is 11.5 Å². The first-order valence-electron chi connectivity index (χ1n) is 5.70. The molecule has 2 aliphatic rings. The fraction of sp³-hybridized carbons (Fsp3) is 1.00. The van der Waals surface area contributed by atoms with Gasteiger partial charge in [0.1, 0.15) is 0 Å². The van der Waals surface area contributed by atoms with Gasteiger partial charge in [-0.1, -0.05) is 20.8 Å². The molecule has 0 radical (unpaired) electrons. The average molecular weight is 198 g/mol. The summed E-state index contributed by atoms with van der Waals surface area (Å²) in [5, 5.41) is 13.2. The van der Waals surface area contributed by atoms with Crippen molar-refractivity contribution >= 4 is 0 Å². The molecule has 2 atom stereocenters. The first-order chi connectivity index (χ1) is 6.54. The van der Waals surface area contributed by atoms with Crippen molar-refractivity contribution in [2.24, 2.45) is 5.41 Å². The highest BCUT2D eigenvalue weighted by molar-refractivity contribution is 5.04. The van der Waals surface area contributed by atoms with Crippen molar-refractivity contribution in [2.45, 2.75) is 45.4 Å². The van der Waals surface area contributed by atoms with E-state index < -0.39 is 0 Å². The molecule has 82 valence electrons. The third kappa shape index (κ3) is 1.58. The molecular formula is C11H22N2O. The molecule has 3 nitrogen and oxygen atoms in total. The maximum Gasteiger partial charge on any atom is 0.0621 e. The van der Waals surface area contributed by atoms with Crippen LogP contribution in [0.25, 0.3) is 0 Å². The SMILES string of the molecule is CCN1CC(NC2CC(O)C2(C)C)C1. The average Bonchev–Trinajstić information content (AvgIpc) is 2.08. The lowest BCUT2D eigenvalue weighted by Gasteiger charge is -2.53. The van der Waals surface area contributed by atoms with Crippen molar-refractivity contribution in [2.75, 3.05) is 19.6 Å². The Labute approximate surface area is 86.5 Å². The minimum atomic E-state index is -0.109. The number of likely N-dealkylation sites (tertiary alicyclic amines) is 1. The maximum absolute atomic E-state index is 9.60. The summed E-state index contributed by atoms with van der Waals surface area (Å²) in [7, 11) is 0. The largest absolute Gasteiger partial charge is 0.392 e. The highest BCUT2D eigenvalue weighted by Gasteiger charge is 2.48. The Hall–Kier alpha value is -0.120. The minimum Gasteiger partial charge on any atom is -0.392 e. The molecule has 3 heteroatoms. The van der Waals surface area contributed by atoms with Gasteiger partial charge in [-0.25, -0.2) is 0 Å². The summed E-state index contributed by atoms with van der Waals surface area (Å²) in [4.78, 5) is 2.43. The Balaban J connectivity index is 1.73. The summed E-state index contributed by atoms with van der Waals surface area (Å²) in [6, 6.07) is 1.17. The molecule has 0 bridgehead atoms. The summed E-state index contributed by atoms with van der Waals surface area (Å²) < 4.78 is 0. The number of aliphatic hydroxyl groups excluding tert-OH is 1. The van der Waals surface area contributed by atoms with E-state index in [9.17, 15) is 5.11 Å². The third-order valence-electron chi connectivity index (χ3n) is 4.06. The Bertz CT molecular complexity index is 211. The van der Waals surface area contributed by atoms with Gasteiger partial charge in [0.15, 0.2) is 0 Å². The summed E-state index contributed by atoms with van der Waals surface area (Å²) in [5.74, 6) is 0. The van der Waals surface area contributed by atoms with Gasteiger partial charge in [0.25, 0.3) is 0 Å². The molecule has 0 aromatic carbocycles. The molecule has 2 N–H and O–H groups in total. The highest BCUT2D eigenvalue weighted by atomic mass is 16.3. The minimum absolute atomic E-state index is 0.0760. The Morgan fingerprint density at radius 3 is 2.50 bits per heavy atom. The van der Waals surface area contributed by atoms with Gasteiger partial charge < -0.3 is 15.3 Å². The fourth-order valence-corrected chi connectivity index (χ4v) is 2.40. The molecular weight excluding hydrogens is 176 g/mol. The highest BCUT2D eigenvalue weighted by Crippen LogP contribution is 2.40. The normalized spacial score (nSPS) is 37.7. The second-order valence-corrected chi connectivity index (χ2v) is 5.34. The molecule has 1 saturated heterocycles. The van der Waals surface area contributed by atoms with Gasteiger partial charge in [0.2, 0.25) is 0 Å². The fourth-order valence-electron chi connectivity index (χ4n) is 2.40. The predicted octanol–water partition coefficient (Wildman–Crippen LogP) is 0.439. The molecule has 2 unspecified atom stereocenters. The summed E-state index contributed by atoms with van der Waals surface area (Å²) in [6.45, 7) is 10.0. The molecule has 0 aromatic heterocycles. The Kier molecular flexibility index (Phi) is 2.58. The molecule has 1 saturated carbocycles. The number of nitrogens with one attached hydrogen (secondary N) is 1. The molecule has 0 aromatic rings. The lowest BCUT2D eigenvalue weighted by molar-refractivity contribution is -0.0824. The van der Waals surface area contributed by atoms with Crippen molar-refractivity contribution in [1.29, 1.82) is 0 Å². The van der Waals surface area contributed by atoms with Crippen LogP contribution in [-0.2, 0) is 0 Å². The second-order valence-electron chi connectivity index (χ2n) is 5.34. The number of hydrogen-bond donors (Lipinski definition) is 2. The van der Waals surface area contributed by atoms with Gasteiger partial charge in [-0.3, -0.25) is 0 Å². The smallest absolute Gasteiger partial charge is 0.0621 e. The first kappa shape index (κ1) is 10.4. The van der Waals surface area contributed by atoms with Crippen LogP contribution in [0.1, 0.15) is 27.2 Å². The quantitative estimate of drug-likeness (QED) is 0.691. The van der Waals surface area contributed by atoms with Crippen molar-refractivity contribution in [3.05, 3.63) is 0 Å². The first-order valence-corrected chi connectivity index (χ1v) is 5.70. The molecule has 2 fully saturated rings. The van der Waals surface area contributed by atoms with Crippen LogP contribution in [-0.4, -0.2) is 47.8 Å². The Morgan fingerprint density at radius 1 is 1.43 bits per heavy atom. The van der Waals surface area contributed by atoms with E-state index in [1.165, 1.54) is 13.1 Å². The van der Waals surface area contributed by atoms with Crippen LogP contribution in [0.5, 0.6) is 0 Å². The molecule has 0 spiro atoms. The lowest BCUT2D eigenvalue weighted by Crippen LogP contribution is -2.67. The third-order valence-corrected chi connectivity index (χ3v) is 4.06. The van der Waals surface area contributed by atoms with Crippen molar-refractivity contribution in [3.8, 4) is 0 Å². The van der Waals surface area contributed by atoms with Gasteiger partial charge >= 0.3 is 0 Å². The van der Waals surface area contributed by atoms with Crippen LogP contribution >= 0.6 is 0 Å². The van der Waals surface area contributed by atoms with E-state index >= 15 is 0 Å². The topological polar surface area (TPSA) is 35.5 Å². The number of rotatable bonds is 3. The van der Waals surface area contributed by atoms with E-state index in [0.29, 0.717) is 12.1 Å². The van der Waals surface area contributed by atoms with E-state index in [0.717, 1.165) is 13.0 Å². The molecule has 0 amide bonds. The van der Waals surface area contributed by atoms with E-state index in [4.69, 9.17) is 0 Å². The van der Waals surface area contributed by atoms with Crippen molar-refractivity contribution in [3.63, 3.8) is 0 Å². The van der Waals surface area contributed by atoms with Crippen LogP contribution < -0.4 is 5.32 Å². The van der Waals surface area contributed by atoms with E-state index in [2.05, 4.69) is 31.0 Å². The van der Waals surface area contributed by atoms with Gasteiger partial charge in [0, 0.05) is 30.6 Å². The zero-order chi connectivity index (χ0) is 10.3. The standard InChI is InChI=1S/C11H22N2O/c1-4-13-6-8(7-13)12-9-5-10(14)11(9,2)3/h8-10,12,14H,4-7H2,1-3H3. The van der Waals surface area contributed by atoms with Gasteiger partial charge in [0.05, 0.1) is 6.10 Å². The Morgan fingerprint density at radius 2 is 2.07 bits per heavy atom. The zero-order valence-corrected chi connectivity index (χ0v) is 9.45. The molecule has 1 aliphatic carbocycles. The van der Waals surface area contributed by atoms with Gasteiger partial charge in [-0.15, -0.1) is 0 Å². The van der Waals surface area contributed by atoms with Crippen molar-refractivity contribution in [1.82, 2.24) is 10.2 Å². The number of nitrogens with zero attached hydrogens (tertiary/aromatic N) is 1. The molecule has 1 aliphatic heterocycles. The number of hydrogen-bond acceptors (Lipinski definition) is 3. The van der Waals surface area contributed by atoms with Gasteiger partial charge in [-0.05, 0) is 13.0 Å². The van der Waals surface area contributed by atoms with Crippen LogP contribution in [0.3, 0.4) is 0 Å². The summed E-state index contributed by atoms with van der Waals surface area (Å²) >= 11 is 0. The number of likely N-dealkylation sites (N-methyl/N-ethyl adjacent to an activating group) is 1. The summed E-state index contributed by atoms with van der Waals surface area (Å²) in [5.41, 5.74) is 0.0760. The van der Waals surface area contributed by atoms with Crippen LogP contribution in [0.15, 0.2) is 0 Å². The molecule has 14 heavy (non-hydrogen) atoms. The monoisotopic (exact) mass is 198 g/mol.